The minimum absolute atomic E-state index is 0.223. The van der Waals surface area contributed by atoms with E-state index in [2.05, 4.69) is 5.32 Å². The number of rotatable bonds is 2. The van der Waals surface area contributed by atoms with Gasteiger partial charge in [-0.25, -0.2) is 4.39 Å². The number of anilines is 3. The van der Waals surface area contributed by atoms with Gasteiger partial charge in [-0.1, -0.05) is 11.6 Å². The zero-order chi connectivity index (χ0) is 12.4. The topological polar surface area (TPSA) is 38.0 Å². The molecule has 0 unspecified atom stereocenters. The number of nitrogens with two attached hydrogens (primary N) is 1. The minimum atomic E-state index is -0.223. The summed E-state index contributed by atoms with van der Waals surface area (Å²) in [6.45, 7) is 1.71. The van der Waals surface area contributed by atoms with Crippen molar-refractivity contribution >= 4 is 28.7 Å². The van der Waals surface area contributed by atoms with Gasteiger partial charge < -0.3 is 11.1 Å². The first-order valence-electron chi connectivity index (χ1n) is 5.14. The SMILES string of the molecule is Cc1cc(Nc2ccc(N)cc2Cl)ccc1F. The Morgan fingerprint density at radius 2 is 1.94 bits per heavy atom. The fraction of sp³-hybridized carbons (Fsp3) is 0.0769. The van der Waals surface area contributed by atoms with Crippen molar-refractivity contribution in [1.82, 2.24) is 0 Å². The second-order valence-corrected chi connectivity index (χ2v) is 4.24. The van der Waals surface area contributed by atoms with Crippen molar-refractivity contribution < 1.29 is 4.39 Å². The first-order valence-corrected chi connectivity index (χ1v) is 5.52. The summed E-state index contributed by atoms with van der Waals surface area (Å²) in [4.78, 5) is 0. The molecule has 0 fully saturated rings. The monoisotopic (exact) mass is 250 g/mol. The zero-order valence-electron chi connectivity index (χ0n) is 9.30. The summed E-state index contributed by atoms with van der Waals surface area (Å²) < 4.78 is 13.1. The van der Waals surface area contributed by atoms with Gasteiger partial charge in [0.1, 0.15) is 5.82 Å². The summed E-state index contributed by atoms with van der Waals surface area (Å²) in [7, 11) is 0. The summed E-state index contributed by atoms with van der Waals surface area (Å²) in [5.74, 6) is -0.223. The van der Waals surface area contributed by atoms with Crippen LogP contribution in [0.2, 0.25) is 5.02 Å². The lowest BCUT2D eigenvalue weighted by atomic mass is 10.2. The molecule has 0 radical (unpaired) electrons. The van der Waals surface area contributed by atoms with Gasteiger partial charge in [0.25, 0.3) is 0 Å². The average Bonchev–Trinajstić information content (AvgIpc) is 2.27. The Morgan fingerprint density at radius 3 is 2.59 bits per heavy atom. The smallest absolute Gasteiger partial charge is 0.126 e. The first kappa shape index (κ1) is 11.7. The number of nitrogen functional groups attached to an aromatic ring is 1. The molecular formula is C13H12ClFN2. The fourth-order valence-corrected chi connectivity index (χ4v) is 1.75. The van der Waals surface area contributed by atoms with Gasteiger partial charge in [0.15, 0.2) is 0 Å². The van der Waals surface area contributed by atoms with Crippen LogP contribution < -0.4 is 11.1 Å². The van der Waals surface area contributed by atoms with Gasteiger partial charge in [-0.3, -0.25) is 0 Å². The van der Waals surface area contributed by atoms with E-state index in [0.717, 1.165) is 11.4 Å². The van der Waals surface area contributed by atoms with E-state index < -0.39 is 0 Å². The van der Waals surface area contributed by atoms with Crippen LogP contribution in [0.1, 0.15) is 5.56 Å². The molecule has 0 aliphatic rings. The molecule has 0 aromatic heterocycles. The summed E-state index contributed by atoms with van der Waals surface area (Å²) in [6.07, 6.45) is 0. The molecule has 2 rings (SSSR count). The molecule has 0 heterocycles. The van der Waals surface area contributed by atoms with Crippen molar-refractivity contribution in [3.8, 4) is 0 Å². The Hall–Kier alpha value is -1.74. The minimum Gasteiger partial charge on any atom is -0.399 e. The number of aryl methyl sites for hydroxylation is 1. The Morgan fingerprint density at radius 1 is 1.18 bits per heavy atom. The number of benzene rings is 2. The lowest BCUT2D eigenvalue weighted by molar-refractivity contribution is 0.619. The highest BCUT2D eigenvalue weighted by Crippen LogP contribution is 2.27. The van der Waals surface area contributed by atoms with Gasteiger partial charge in [0.2, 0.25) is 0 Å². The highest BCUT2D eigenvalue weighted by atomic mass is 35.5. The molecule has 4 heteroatoms. The van der Waals surface area contributed by atoms with Crippen molar-refractivity contribution in [1.29, 1.82) is 0 Å². The molecule has 0 aliphatic carbocycles. The predicted octanol–water partition coefficient (Wildman–Crippen LogP) is 4.11. The quantitative estimate of drug-likeness (QED) is 0.787. The standard InChI is InChI=1S/C13H12ClFN2/c1-8-6-10(3-4-12(8)15)17-13-5-2-9(16)7-11(13)14/h2-7,17H,16H2,1H3. The van der Waals surface area contributed by atoms with E-state index in [1.54, 1.807) is 37.3 Å². The summed E-state index contributed by atoms with van der Waals surface area (Å²) in [5.41, 5.74) is 8.33. The third-order valence-corrected chi connectivity index (χ3v) is 2.74. The van der Waals surface area contributed by atoms with Crippen molar-refractivity contribution in [2.24, 2.45) is 0 Å². The van der Waals surface area contributed by atoms with Crippen LogP contribution in [0.15, 0.2) is 36.4 Å². The Balaban J connectivity index is 2.28. The Kier molecular flexibility index (Phi) is 3.20. The second kappa shape index (κ2) is 4.63. The van der Waals surface area contributed by atoms with E-state index in [4.69, 9.17) is 17.3 Å². The van der Waals surface area contributed by atoms with Crippen LogP contribution in [-0.2, 0) is 0 Å². The average molecular weight is 251 g/mol. The third kappa shape index (κ3) is 2.68. The van der Waals surface area contributed by atoms with Crippen LogP contribution in [0, 0.1) is 12.7 Å². The normalized spacial score (nSPS) is 10.3. The molecule has 0 spiro atoms. The second-order valence-electron chi connectivity index (χ2n) is 3.83. The van der Waals surface area contributed by atoms with Gasteiger partial charge in [0, 0.05) is 11.4 Å². The van der Waals surface area contributed by atoms with Crippen LogP contribution in [0.3, 0.4) is 0 Å². The molecule has 17 heavy (non-hydrogen) atoms. The molecule has 2 aromatic rings. The van der Waals surface area contributed by atoms with Gasteiger partial charge in [0.05, 0.1) is 10.7 Å². The molecule has 88 valence electrons. The van der Waals surface area contributed by atoms with Crippen molar-refractivity contribution in [2.45, 2.75) is 6.92 Å². The third-order valence-electron chi connectivity index (χ3n) is 2.43. The van der Waals surface area contributed by atoms with Gasteiger partial charge in [-0.05, 0) is 48.9 Å². The summed E-state index contributed by atoms with van der Waals surface area (Å²) in [5, 5.41) is 3.65. The molecule has 3 N–H and O–H groups in total. The molecule has 2 nitrogen and oxygen atoms in total. The van der Waals surface area contributed by atoms with Crippen molar-refractivity contribution in [3.63, 3.8) is 0 Å². The lowest BCUT2D eigenvalue weighted by Crippen LogP contribution is -1.94. The molecular weight excluding hydrogens is 239 g/mol. The lowest BCUT2D eigenvalue weighted by Gasteiger charge is -2.09. The van der Waals surface area contributed by atoms with Crippen LogP contribution in [0.5, 0.6) is 0 Å². The highest BCUT2D eigenvalue weighted by Gasteiger charge is 2.03. The molecule has 0 saturated heterocycles. The molecule has 0 atom stereocenters. The van der Waals surface area contributed by atoms with Gasteiger partial charge in [-0.2, -0.15) is 0 Å². The number of halogens is 2. The van der Waals surface area contributed by atoms with Gasteiger partial charge >= 0.3 is 0 Å². The maximum absolute atomic E-state index is 13.1. The largest absolute Gasteiger partial charge is 0.399 e. The summed E-state index contributed by atoms with van der Waals surface area (Å²) >= 11 is 6.03. The predicted molar refractivity (Wildman–Crippen MR) is 70.3 cm³/mol. The van der Waals surface area contributed by atoms with Crippen LogP contribution >= 0.6 is 11.6 Å². The van der Waals surface area contributed by atoms with E-state index >= 15 is 0 Å². The van der Waals surface area contributed by atoms with E-state index in [0.29, 0.717) is 16.3 Å². The van der Waals surface area contributed by atoms with E-state index in [-0.39, 0.29) is 5.82 Å². The Labute approximate surface area is 104 Å². The van der Waals surface area contributed by atoms with Crippen LogP contribution in [0.4, 0.5) is 21.5 Å². The molecule has 0 aliphatic heterocycles. The number of hydrogen-bond donors (Lipinski definition) is 2. The first-order chi connectivity index (χ1) is 8.06. The van der Waals surface area contributed by atoms with E-state index in [9.17, 15) is 4.39 Å². The maximum Gasteiger partial charge on any atom is 0.126 e. The van der Waals surface area contributed by atoms with Crippen LogP contribution in [0.25, 0.3) is 0 Å². The fourth-order valence-electron chi connectivity index (χ4n) is 1.51. The van der Waals surface area contributed by atoms with Crippen molar-refractivity contribution in [2.75, 3.05) is 11.1 Å². The Bertz CT molecular complexity index is 555. The van der Waals surface area contributed by atoms with Crippen LogP contribution in [-0.4, -0.2) is 0 Å². The number of nitrogens with one attached hydrogen (secondary N) is 1. The van der Waals surface area contributed by atoms with Crippen molar-refractivity contribution in [3.05, 3.63) is 52.8 Å². The van der Waals surface area contributed by atoms with E-state index in [1.165, 1.54) is 6.07 Å². The highest BCUT2D eigenvalue weighted by molar-refractivity contribution is 6.33. The molecule has 0 bridgehead atoms. The molecule has 0 amide bonds. The molecule has 2 aromatic carbocycles. The summed E-state index contributed by atoms with van der Waals surface area (Å²) in [6, 6.07) is 10.0. The molecule has 0 saturated carbocycles. The zero-order valence-corrected chi connectivity index (χ0v) is 10.1. The van der Waals surface area contributed by atoms with Gasteiger partial charge in [-0.15, -0.1) is 0 Å². The number of hydrogen-bond acceptors (Lipinski definition) is 2. The van der Waals surface area contributed by atoms with E-state index in [1.807, 2.05) is 0 Å². The maximum atomic E-state index is 13.1.